The summed E-state index contributed by atoms with van der Waals surface area (Å²) in [5, 5.41) is 13.4. The number of aliphatic imine (C=N–C) groups is 1. The lowest BCUT2D eigenvalue weighted by Crippen LogP contribution is -2.31. The lowest BCUT2D eigenvalue weighted by atomic mass is 9.99. The van der Waals surface area contributed by atoms with Gasteiger partial charge in [-0.05, 0) is 52.3 Å². The zero-order valence-electron chi connectivity index (χ0n) is 17.7. The van der Waals surface area contributed by atoms with Crippen molar-refractivity contribution in [2.24, 2.45) is 4.99 Å². The summed E-state index contributed by atoms with van der Waals surface area (Å²) in [5.41, 5.74) is 4.06. The summed E-state index contributed by atoms with van der Waals surface area (Å²) in [5.74, 6) is 1.42. The number of aryl methyl sites for hydroxylation is 2. The summed E-state index contributed by atoms with van der Waals surface area (Å²) in [4.78, 5) is 18.9. The fraction of sp³-hybridized carbons (Fsp3) is 0.364. The van der Waals surface area contributed by atoms with E-state index in [2.05, 4.69) is 33.9 Å². The fourth-order valence-corrected chi connectivity index (χ4v) is 5.03. The van der Waals surface area contributed by atoms with Gasteiger partial charge in [-0.2, -0.15) is 0 Å². The number of hydrogen-bond acceptors (Lipinski definition) is 5. The van der Waals surface area contributed by atoms with Crippen LogP contribution < -0.4 is 5.32 Å². The molecule has 1 amide bonds. The van der Waals surface area contributed by atoms with Gasteiger partial charge in [-0.1, -0.05) is 23.7 Å². The van der Waals surface area contributed by atoms with Gasteiger partial charge in [-0.3, -0.25) is 14.4 Å². The van der Waals surface area contributed by atoms with Gasteiger partial charge < -0.3 is 5.32 Å². The lowest BCUT2D eigenvalue weighted by Gasteiger charge is -2.14. The van der Waals surface area contributed by atoms with Crippen LogP contribution >= 0.6 is 22.9 Å². The van der Waals surface area contributed by atoms with Crippen LogP contribution in [0, 0.1) is 20.8 Å². The second-order valence-electron chi connectivity index (χ2n) is 7.83. The Morgan fingerprint density at radius 3 is 2.57 bits per heavy atom. The predicted molar refractivity (Wildman–Crippen MR) is 121 cm³/mol. The van der Waals surface area contributed by atoms with Gasteiger partial charge in [0, 0.05) is 27.1 Å². The van der Waals surface area contributed by atoms with Crippen LogP contribution in [0.2, 0.25) is 5.02 Å². The number of amides is 1. The Morgan fingerprint density at radius 2 is 1.90 bits per heavy atom. The molecule has 8 heteroatoms. The van der Waals surface area contributed by atoms with Crippen molar-refractivity contribution in [3.8, 4) is 5.00 Å². The van der Waals surface area contributed by atoms with E-state index in [4.69, 9.17) is 16.6 Å². The lowest BCUT2D eigenvalue weighted by molar-refractivity contribution is -0.121. The maximum absolute atomic E-state index is 12.6. The molecule has 4 rings (SSSR count). The van der Waals surface area contributed by atoms with E-state index in [1.54, 1.807) is 11.3 Å². The van der Waals surface area contributed by atoms with Crippen LogP contribution in [0.3, 0.4) is 0 Å². The largest absolute Gasteiger partial charge is 0.354 e. The summed E-state index contributed by atoms with van der Waals surface area (Å²) < 4.78 is 2.06. The molecule has 3 heterocycles. The van der Waals surface area contributed by atoms with E-state index in [0.717, 1.165) is 27.7 Å². The van der Waals surface area contributed by atoms with Crippen molar-refractivity contribution in [3.05, 3.63) is 62.5 Å². The molecule has 2 aromatic heterocycles. The minimum absolute atomic E-state index is 0.0560. The zero-order valence-corrected chi connectivity index (χ0v) is 19.2. The number of carbonyl (C=O) groups excluding carboxylic acids is 1. The highest BCUT2D eigenvalue weighted by Gasteiger charge is 2.32. The predicted octanol–water partition coefficient (Wildman–Crippen LogP) is 4.71. The number of aromatic nitrogens is 3. The molecule has 6 nitrogen and oxygen atoms in total. The van der Waals surface area contributed by atoms with Crippen molar-refractivity contribution < 1.29 is 4.79 Å². The molecule has 0 saturated carbocycles. The molecule has 1 N–H and O–H groups in total. The first-order valence-corrected chi connectivity index (χ1v) is 11.1. The SMILES string of the molecule is Cc1sc2c(c1C)C(c1ccc(Cl)cc1)=NC(CC(=O)NC(C)C)c1nnc(C)n1-2. The molecule has 3 aromatic rings. The van der Waals surface area contributed by atoms with Gasteiger partial charge in [-0.25, -0.2) is 0 Å². The smallest absolute Gasteiger partial charge is 0.222 e. The number of fused-ring (bicyclic) bond motifs is 3. The number of rotatable bonds is 4. The monoisotopic (exact) mass is 441 g/mol. The second-order valence-corrected chi connectivity index (χ2v) is 9.47. The third-order valence-electron chi connectivity index (χ3n) is 5.19. The van der Waals surface area contributed by atoms with Crippen LogP contribution in [0.15, 0.2) is 29.3 Å². The Morgan fingerprint density at radius 1 is 1.20 bits per heavy atom. The molecule has 156 valence electrons. The van der Waals surface area contributed by atoms with Gasteiger partial charge in [0.05, 0.1) is 12.1 Å². The van der Waals surface area contributed by atoms with E-state index in [1.165, 1.54) is 10.4 Å². The van der Waals surface area contributed by atoms with Crippen molar-refractivity contribution in [1.29, 1.82) is 0 Å². The molecule has 1 aliphatic heterocycles. The first-order chi connectivity index (χ1) is 14.3. The van der Waals surface area contributed by atoms with Gasteiger partial charge in [0.2, 0.25) is 5.91 Å². The maximum atomic E-state index is 12.6. The minimum Gasteiger partial charge on any atom is -0.354 e. The molecule has 0 spiro atoms. The standard InChI is InChI=1S/C22H24ClN5OS/c1-11(2)24-18(29)10-17-21-27-26-14(5)28(21)22-19(12(3)13(4)30-22)20(25-17)15-6-8-16(23)9-7-15/h6-9,11,17H,10H2,1-5H3,(H,24,29). The van der Waals surface area contributed by atoms with E-state index >= 15 is 0 Å². The number of thiophene rings is 1. The van der Waals surface area contributed by atoms with Crippen molar-refractivity contribution in [2.45, 2.75) is 53.1 Å². The van der Waals surface area contributed by atoms with Crippen molar-refractivity contribution in [2.75, 3.05) is 0 Å². The van der Waals surface area contributed by atoms with E-state index in [1.807, 2.05) is 45.0 Å². The third-order valence-corrected chi connectivity index (χ3v) is 6.63. The minimum atomic E-state index is -0.435. The number of nitrogens with one attached hydrogen (secondary N) is 1. The molecule has 0 radical (unpaired) electrons. The Bertz CT molecular complexity index is 1140. The topological polar surface area (TPSA) is 72.2 Å². The van der Waals surface area contributed by atoms with Gasteiger partial charge >= 0.3 is 0 Å². The molecule has 0 saturated heterocycles. The highest BCUT2D eigenvalue weighted by atomic mass is 35.5. The summed E-state index contributed by atoms with van der Waals surface area (Å²) in [6.07, 6.45) is 0.209. The highest BCUT2D eigenvalue weighted by molar-refractivity contribution is 7.15. The molecule has 1 unspecified atom stereocenters. The van der Waals surface area contributed by atoms with E-state index in [0.29, 0.717) is 10.8 Å². The van der Waals surface area contributed by atoms with Crippen LogP contribution in [0.25, 0.3) is 5.00 Å². The van der Waals surface area contributed by atoms with E-state index in [-0.39, 0.29) is 18.4 Å². The molecular formula is C22H24ClN5OS. The fourth-order valence-electron chi connectivity index (χ4n) is 3.69. The number of benzene rings is 1. The summed E-state index contributed by atoms with van der Waals surface area (Å²) in [6.45, 7) is 10.1. The van der Waals surface area contributed by atoms with Crippen LogP contribution in [-0.4, -0.2) is 32.4 Å². The average molecular weight is 442 g/mol. The molecule has 0 fully saturated rings. The number of carbonyl (C=O) groups is 1. The Hall–Kier alpha value is -2.51. The van der Waals surface area contributed by atoms with Gasteiger partial charge in [0.1, 0.15) is 16.9 Å². The van der Waals surface area contributed by atoms with Crippen molar-refractivity contribution in [3.63, 3.8) is 0 Å². The quantitative estimate of drug-likeness (QED) is 0.637. The summed E-state index contributed by atoms with van der Waals surface area (Å²) in [7, 11) is 0. The van der Waals surface area contributed by atoms with Crippen LogP contribution in [-0.2, 0) is 4.79 Å². The van der Waals surface area contributed by atoms with Gasteiger partial charge in [0.15, 0.2) is 5.82 Å². The van der Waals surface area contributed by atoms with Crippen LogP contribution in [0.4, 0.5) is 0 Å². The van der Waals surface area contributed by atoms with Crippen molar-refractivity contribution >= 4 is 34.6 Å². The summed E-state index contributed by atoms with van der Waals surface area (Å²) >= 11 is 7.83. The van der Waals surface area contributed by atoms with Crippen LogP contribution in [0.1, 0.15) is 59.5 Å². The molecule has 1 aromatic carbocycles. The van der Waals surface area contributed by atoms with E-state index in [9.17, 15) is 4.79 Å². The zero-order chi connectivity index (χ0) is 21.6. The molecule has 0 aliphatic carbocycles. The Labute approximate surface area is 185 Å². The second kappa shape index (κ2) is 7.96. The first-order valence-electron chi connectivity index (χ1n) is 9.92. The molecular weight excluding hydrogens is 418 g/mol. The first kappa shape index (κ1) is 20.8. The number of hydrogen-bond donors (Lipinski definition) is 1. The molecule has 30 heavy (non-hydrogen) atoms. The average Bonchev–Trinajstić information content (AvgIpc) is 3.14. The molecule has 1 aliphatic rings. The van der Waals surface area contributed by atoms with Gasteiger partial charge in [0.25, 0.3) is 0 Å². The Kier molecular flexibility index (Phi) is 5.51. The number of nitrogens with zero attached hydrogens (tertiary/aromatic N) is 4. The maximum Gasteiger partial charge on any atom is 0.222 e. The molecule has 0 bridgehead atoms. The number of halogens is 1. The van der Waals surface area contributed by atoms with Crippen LogP contribution in [0.5, 0.6) is 0 Å². The van der Waals surface area contributed by atoms with E-state index < -0.39 is 6.04 Å². The third kappa shape index (κ3) is 3.68. The summed E-state index contributed by atoms with van der Waals surface area (Å²) in [6, 6.07) is 7.31. The highest BCUT2D eigenvalue weighted by Crippen LogP contribution is 2.39. The normalized spacial score (nSPS) is 15.4. The van der Waals surface area contributed by atoms with Gasteiger partial charge in [-0.15, -0.1) is 21.5 Å². The molecule has 1 atom stereocenters. The Balaban J connectivity index is 1.93. The van der Waals surface area contributed by atoms with Crippen molar-refractivity contribution in [1.82, 2.24) is 20.1 Å².